The number of aromatic hydroxyl groups is 1. The number of hydrogen-bond donors (Lipinski definition) is 2. The fourth-order valence-electron chi connectivity index (χ4n) is 2.38. The van der Waals surface area contributed by atoms with Crippen molar-refractivity contribution in [2.75, 3.05) is 0 Å². The minimum atomic E-state index is -1.10. The van der Waals surface area contributed by atoms with Gasteiger partial charge in [0.1, 0.15) is 17.4 Å². The van der Waals surface area contributed by atoms with Crippen LogP contribution in [0, 0.1) is 0 Å². The van der Waals surface area contributed by atoms with Crippen LogP contribution >= 0.6 is 31.9 Å². The lowest BCUT2D eigenvalue weighted by atomic mass is 9.97. The summed E-state index contributed by atoms with van der Waals surface area (Å²) in [5.74, 6) is -1.08. The minimum absolute atomic E-state index is 0.0154. The molecule has 8 heteroatoms. The molecular formula is C15H17Br2NO5. The number of carbonyl (C=O) groups excluding carboxylic acids is 1. The predicted octanol–water partition coefficient (Wildman–Crippen LogP) is 3.66. The largest absolute Gasteiger partial charge is 0.506 e. The zero-order chi connectivity index (χ0) is 17.5. The van der Waals surface area contributed by atoms with Crippen molar-refractivity contribution in [1.29, 1.82) is 0 Å². The summed E-state index contributed by atoms with van der Waals surface area (Å²) in [5.41, 5.74) is 0.710. The van der Waals surface area contributed by atoms with Gasteiger partial charge >= 0.3 is 12.1 Å². The smallest absolute Gasteiger partial charge is 0.411 e. The van der Waals surface area contributed by atoms with Crippen LogP contribution in [-0.4, -0.2) is 38.8 Å². The van der Waals surface area contributed by atoms with Crippen LogP contribution in [0.4, 0.5) is 4.79 Å². The van der Waals surface area contributed by atoms with Gasteiger partial charge in [-0.3, -0.25) is 4.90 Å². The molecule has 23 heavy (non-hydrogen) atoms. The summed E-state index contributed by atoms with van der Waals surface area (Å²) in [4.78, 5) is 25.1. The molecule has 0 fully saturated rings. The number of aliphatic carboxylic acids is 1. The van der Waals surface area contributed by atoms with Crippen LogP contribution < -0.4 is 0 Å². The lowest BCUT2D eigenvalue weighted by Gasteiger charge is -2.36. The third kappa shape index (κ3) is 3.80. The third-order valence-electron chi connectivity index (χ3n) is 3.42. The number of rotatable bonds is 1. The Morgan fingerprint density at radius 1 is 1.43 bits per heavy atom. The van der Waals surface area contributed by atoms with E-state index >= 15 is 0 Å². The van der Waals surface area contributed by atoms with Crippen LogP contribution in [0.25, 0.3) is 0 Å². The van der Waals surface area contributed by atoms with Crippen molar-refractivity contribution in [3.8, 4) is 5.75 Å². The highest BCUT2D eigenvalue weighted by Crippen LogP contribution is 2.40. The standard InChI is InChI=1S/C15H17Br2NO5/c1-15(2,3)23-14(22)18-6-8-7(5-10(18)13(20)21)4-9(16)12(19)11(8)17/h4,10,19H,5-6H2,1-3H3,(H,20,21)/t10-/m1/s1/i13+2. The first-order valence-electron chi connectivity index (χ1n) is 6.92. The van der Waals surface area contributed by atoms with Crippen LogP contribution in [0.3, 0.4) is 0 Å². The molecule has 2 N–H and O–H groups in total. The lowest BCUT2D eigenvalue weighted by molar-refractivity contribution is -0.143. The maximum atomic E-state index is 12.4. The zero-order valence-corrected chi connectivity index (χ0v) is 16.1. The maximum Gasteiger partial charge on any atom is 0.411 e. The summed E-state index contributed by atoms with van der Waals surface area (Å²) >= 11 is 6.54. The lowest BCUT2D eigenvalue weighted by Crippen LogP contribution is -2.50. The van der Waals surface area contributed by atoms with E-state index in [1.54, 1.807) is 26.8 Å². The quantitative estimate of drug-likeness (QED) is 0.678. The topological polar surface area (TPSA) is 87.1 Å². The molecule has 1 aromatic carbocycles. The molecule has 0 radical (unpaired) electrons. The highest BCUT2D eigenvalue weighted by molar-refractivity contribution is 9.11. The Morgan fingerprint density at radius 2 is 2.04 bits per heavy atom. The van der Waals surface area contributed by atoms with Gasteiger partial charge in [-0.25, -0.2) is 9.59 Å². The van der Waals surface area contributed by atoms with Gasteiger partial charge in [0, 0.05) is 6.42 Å². The average molecular weight is 453 g/mol. The highest BCUT2D eigenvalue weighted by atomic mass is 79.9. The van der Waals surface area contributed by atoms with E-state index in [1.165, 1.54) is 4.90 Å². The number of hydrogen-bond acceptors (Lipinski definition) is 4. The number of phenolic OH excluding ortho intramolecular Hbond substituents is 1. The van der Waals surface area contributed by atoms with Crippen molar-refractivity contribution in [2.45, 2.75) is 45.4 Å². The number of benzene rings is 1. The zero-order valence-electron chi connectivity index (χ0n) is 12.9. The van der Waals surface area contributed by atoms with E-state index in [-0.39, 0.29) is 18.7 Å². The van der Waals surface area contributed by atoms with Crippen molar-refractivity contribution >= 4 is 43.9 Å². The van der Waals surface area contributed by atoms with E-state index in [2.05, 4.69) is 31.9 Å². The summed E-state index contributed by atoms with van der Waals surface area (Å²) in [6.45, 7) is 5.20. The summed E-state index contributed by atoms with van der Waals surface area (Å²) in [7, 11) is 0. The molecule has 1 aromatic rings. The highest BCUT2D eigenvalue weighted by Gasteiger charge is 2.38. The summed E-state index contributed by atoms with van der Waals surface area (Å²) in [6.07, 6.45) is -0.550. The number of nitrogens with zero attached hydrogens (tertiary/aromatic N) is 1. The molecule has 0 saturated carbocycles. The van der Waals surface area contributed by atoms with Crippen molar-refractivity contribution in [2.24, 2.45) is 0 Å². The molecule has 6 nitrogen and oxygen atoms in total. The number of phenols is 1. The van der Waals surface area contributed by atoms with Gasteiger partial charge < -0.3 is 14.9 Å². The van der Waals surface area contributed by atoms with E-state index in [9.17, 15) is 19.8 Å². The number of amides is 1. The fourth-order valence-corrected chi connectivity index (χ4v) is 3.72. The van der Waals surface area contributed by atoms with E-state index in [4.69, 9.17) is 4.74 Å². The molecule has 0 saturated heterocycles. The van der Waals surface area contributed by atoms with Crippen molar-refractivity contribution < 1.29 is 24.5 Å². The summed E-state index contributed by atoms with van der Waals surface area (Å²) < 4.78 is 6.22. The van der Waals surface area contributed by atoms with Gasteiger partial charge in [-0.05, 0) is 69.8 Å². The van der Waals surface area contributed by atoms with Gasteiger partial charge in [-0.15, -0.1) is 0 Å². The molecule has 0 aliphatic carbocycles. The normalized spacial score (nSPS) is 17.6. The third-order valence-corrected chi connectivity index (χ3v) is 4.88. The Kier molecular flexibility index (Phi) is 4.96. The molecule has 0 bridgehead atoms. The number of carbonyl (C=O) groups is 2. The van der Waals surface area contributed by atoms with Gasteiger partial charge in [0.05, 0.1) is 15.5 Å². The van der Waals surface area contributed by atoms with Gasteiger partial charge in [0.2, 0.25) is 0 Å². The molecule has 1 heterocycles. The number of carboxylic acid groups (broad SMARTS) is 1. The monoisotopic (exact) mass is 451 g/mol. The number of fused-ring (bicyclic) bond motifs is 1. The molecular weight excluding hydrogens is 436 g/mol. The van der Waals surface area contributed by atoms with E-state index in [0.717, 1.165) is 5.56 Å². The molecule has 0 unspecified atom stereocenters. The number of carboxylic acids is 1. The molecule has 1 amide bonds. The second kappa shape index (κ2) is 6.32. The first-order chi connectivity index (χ1) is 10.5. The summed E-state index contributed by atoms with van der Waals surface area (Å²) in [5, 5.41) is 19.5. The molecule has 1 aliphatic heterocycles. The van der Waals surface area contributed by atoms with Crippen molar-refractivity contribution in [3.63, 3.8) is 0 Å². The Hall–Kier alpha value is -1.28. The Labute approximate surface area is 150 Å². The molecule has 1 aliphatic rings. The minimum Gasteiger partial charge on any atom is -0.506 e. The molecule has 2 rings (SSSR count). The number of ether oxygens (including phenoxy) is 1. The second-order valence-electron chi connectivity index (χ2n) is 6.33. The van der Waals surface area contributed by atoms with Crippen LogP contribution in [0.1, 0.15) is 31.9 Å². The van der Waals surface area contributed by atoms with Crippen LogP contribution in [0.15, 0.2) is 15.0 Å². The first-order valence-corrected chi connectivity index (χ1v) is 8.51. The van der Waals surface area contributed by atoms with Crippen molar-refractivity contribution in [3.05, 3.63) is 26.1 Å². The van der Waals surface area contributed by atoms with Crippen LogP contribution in [0.2, 0.25) is 0 Å². The van der Waals surface area contributed by atoms with E-state index in [1.807, 2.05) is 0 Å². The molecule has 0 spiro atoms. The van der Waals surface area contributed by atoms with Crippen LogP contribution in [-0.2, 0) is 22.5 Å². The van der Waals surface area contributed by atoms with Gasteiger partial charge in [-0.2, -0.15) is 0 Å². The van der Waals surface area contributed by atoms with E-state index in [0.29, 0.717) is 14.5 Å². The summed E-state index contributed by atoms with van der Waals surface area (Å²) in [6, 6.07) is 0.665. The Balaban J connectivity index is 2.43. The maximum absolute atomic E-state index is 12.4. The fraction of sp³-hybridized carbons (Fsp3) is 0.467. The molecule has 1 atom stereocenters. The Morgan fingerprint density at radius 3 is 2.57 bits per heavy atom. The predicted molar refractivity (Wildman–Crippen MR) is 90.4 cm³/mol. The first kappa shape index (κ1) is 18.1. The molecule has 0 aromatic heterocycles. The van der Waals surface area contributed by atoms with E-state index < -0.39 is 23.7 Å². The Bertz CT molecular complexity index is 669. The van der Waals surface area contributed by atoms with Crippen molar-refractivity contribution in [1.82, 2.24) is 4.90 Å². The average Bonchev–Trinajstić information content (AvgIpc) is 2.41. The number of halogens is 2. The second-order valence-corrected chi connectivity index (χ2v) is 7.97. The molecule has 126 valence electrons. The van der Waals surface area contributed by atoms with Crippen LogP contribution in [0.5, 0.6) is 5.75 Å². The SMILES string of the molecule is CC(C)(C)OC(=O)N1Cc2c(cc(Br)c(O)c2Br)C[C@@H]1[14C](=O)O. The van der Waals surface area contributed by atoms with Gasteiger partial charge in [-0.1, -0.05) is 0 Å². The van der Waals surface area contributed by atoms with Gasteiger partial charge in [0.15, 0.2) is 0 Å². The van der Waals surface area contributed by atoms with Gasteiger partial charge in [0.25, 0.3) is 0 Å².